The van der Waals surface area contributed by atoms with Crippen molar-refractivity contribution in [2.75, 3.05) is 46.2 Å². The Bertz CT molecular complexity index is 1600. The number of ether oxygens (including phenoxy) is 7. The first-order valence-electron chi connectivity index (χ1n) is 17.1. The van der Waals surface area contributed by atoms with Crippen LogP contribution >= 0.6 is 0 Å². The molecule has 0 aliphatic carbocycles. The minimum atomic E-state index is -4.09. The second-order valence-corrected chi connectivity index (χ2v) is 16.1. The van der Waals surface area contributed by atoms with Crippen LogP contribution in [0.3, 0.4) is 0 Å². The molecule has 2 aromatic rings. The largest absolute Gasteiger partial charge is 0.492 e. The minimum Gasteiger partial charge on any atom is -0.492 e. The molecule has 0 radical (unpaired) electrons. The number of aliphatic hydroxyl groups excluding tert-OH is 1. The van der Waals surface area contributed by atoms with Gasteiger partial charge in [-0.3, -0.25) is 0 Å². The van der Waals surface area contributed by atoms with Crippen molar-refractivity contribution < 1.29 is 56.3 Å². The Kier molecular flexibility index (Phi) is 12.6. The average molecular weight is 736 g/mol. The first-order chi connectivity index (χ1) is 24.2. The van der Waals surface area contributed by atoms with Crippen LogP contribution < -0.4 is 24.8 Å². The van der Waals surface area contributed by atoms with Gasteiger partial charge in [0.25, 0.3) is 0 Å². The van der Waals surface area contributed by atoms with Gasteiger partial charge < -0.3 is 48.9 Å². The molecule has 2 amide bonds. The summed E-state index contributed by atoms with van der Waals surface area (Å²) in [5.74, 6) is 1.15. The monoisotopic (exact) mass is 735 g/mol. The van der Waals surface area contributed by atoms with Gasteiger partial charge in [0.05, 0.1) is 42.7 Å². The molecule has 3 aliphatic heterocycles. The molecule has 16 heteroatoms. The number of aliphatic hydroxyl groups is 1. The van der Waals surface area contributed by atoms with Gasteiger partial charge in [-0.15, -0.1) is 0 Å². The lowest BCUT2D eigenvalue weighted by Crippen LogP contribution is -2.51. The van der Waals surface area contributed by atoms with Crippen molar-refractivity contribution in [3.05, 3.63) is 48.0 Å². The van der Waals surface area contributed by atoms with Crippen LogP contribution in [-0.4, -0.2) is 106 Å². The quantitative estimate of drug-likeness (QED) is 0.227. The number of hydrogen-bond donors (Lipinski definition) is 3. The van der Waals surface area contributed by atoms with Gasteiger partial charge in [0.15, 0.2) is 17.8 Å². The van der Waals surface area contributed by atoms with Crippen LogP contribution in [0.4, 0.5) is 9.59 Å². The highest BCUT2D eigenvalue weighted by Crippen LogP contribution is 2.35. The van der Waals surface area contributed by atoms with Crippen molar-refractivity contribution in [3.8, 4) is 17.2 Å². The molecule has 3 heterocycles. The Morgan fingerprint density at radius 3 is 2.49 bits per heavy atom. The van der Waals surface area contributed by atoms with Crippen LogP contribution in [0.5, 0.6) is 17.2 Å². The van der Waals surface area contributed by atoms with E-state index in [9.17, 15) is 23.1 Å². The highest BCUT2D eigenvalue weighted by Gasteiger charge is 2.44. The Balaban J connectivity index is 1.27. The van der Waals surface area contributed by atoms with E-state index in [1.807, 2.05) is 13.8 Å². The number of rotatable bonds is 15. The molecule has 5 atom stereocenters. The zero-order valence-electron chi connectivity index (χ0n) is 29.7. The summed E-state index contributed by atoms with van der Waals surface area (Å²) < 4.78 is 67.6. The van der Waals surface area contributed by atoms with Crippen LogP contribution in [-0.2, 0) is 35.4 Å². The molecule has 2 aromatic carbocycles. The molecule has 0 bridgehead atoms. The molecule has 15 nitrogen and oxygen atoms in total. The number of carbonyl (C=O) groups excluding carboxylic acids is 2. The summed E-state index contributed by atoms with van der Waals surface area (Å²) in [5.41, 5.74) is 0.131. The number of benzene rings is 2. The normalized spacial score (nSPS) is 20.9. The number of fused-ring (bicyclic) bond motifs is 2. The van der Waals surface area contributed by atoms with Crippen molar-refractivity contribution in [1.82, 2.24) is 14.9 Å². The molecule has 51 heavy (non-hydrogen) atoms. The topological polar surface area (TPSA) is 180 Å². The fourth-order valence-corrected chi connectivity index (χ4v) is 7.60. The molecule has 5 rings (SSSR count). The first kappa shape index (κ1) is 38.4. The maximum absolute atomic E-state index is 13.9. The molecule has 0 spiro atoms. The highest BCUT2D eigenvalue weighted by atomic mass is 32.2. The summed E-state index contributed by atoms with van der Waals surface area (Å²) >= 11 is 0. The predicted octanol–water partition coefficient (Wildman–Crippen LogP) is 3.43. The van der Waals surface area contributed by atoms with Gasteiger partial charge in [-0.05, 0) is 69.4 Å². The Hall–Kier alpha value is -3.83. The van der Waals surface area contributed by atoms with Gasteiger partial charge in [0.1, 0.15) is 24.1 Å². The van der Waals surface area contributed by atoms with E-state index < -0.39 is 52.4 Å². The van der Waals surface area contributed by atoms with Gasteiger partial charge in [-0.25, -0.2) is 18.0 Å². The van der Waals surface area contributed by atoms with E-state index in [0.29, 0.717) is 30.3 Å². The summed E-state index contributed by atoms with van der Waals surface area (Å²) in [6, 6.07) is 10.5. The van der Waals surface area contributed by atoms with E-state index in [1.54, 1.807) is 45.0 Å². The number of alkyl carbamates (subject to hydrolysis) is 2. The molecule has 3 aliphatic rings. The maximum Gasteiger partial charge on any atom is 0.407 e. The fraction of sp³-hybridized carbons (Fsp3) is 0.600. The van der Waals surface area contributed by atoms with Gasteiger partial charge in [0.2, 0.25) is 16.8 Å². The van der Waals surface area contributed by atoms with Crippen molar-refractivity contribution in [2.45, 2.75) is 82.5 Å². The smallest absolute Gasteiger partial charge is 0.407 e. The van der Waals surface area contributed by atoms with E-state index in [0.717, 1.165) is 5.56 Å². The molecule has 0 aromatic heterocycles. The molecule has 282 valence electrons. The van der Waals surface area contributed by atoms with Gasteiger partial charge in [-0.2, -0.15) is 4.31 Å². The van der Waals surface area contributed by atoms with Gasteiger partial charge in [-0.1, -0.05) is 26.0 Å². The zero-order chi connectivity index (χ0) is 36.8. The minimum absolute atomic E-state index is 0.00345. The molecule has 2 fully saturated rings. The Labute approximate surface area is 298 Å². The third-order valence-corrected chi connectivity index (χ3v) is 10.2. The molecular weight excluding hydrogens is 686 g/mol. The predicted molar refractivity (Wildman–Crippen MR) is 183 cm³/mol. The SMILES string of the molecule is CC(C)CN(C[C@@H](O)[C@H](Cc1ccc(OCCNC(=O)OC(C)(C)C)cc1)NC(=O)O[C@H]1CO[C@H]2OCC[C@H]21)S(=O)(=O)c1ccc2c(c1)OCO2. The second-order valence-electron chi connectivity index (χ2n) is 14.1. The Morgan fingerprint density at radius 2 is 1.76 bits per heavy atom. The fourth-order valence-electron chi connectivity index (χ4n) is 5.97. The number of nitrogens with one attached hydrogen (secondary N) is 2. The van der Waals surface area contributed by atoms with Crippen molar-refractivity contribution in [1.29, 1.82) is 0 Å². The lowest BCUT2D eigenvalue weighted by molar-refractivity contribution is -0.0907. The summed E-state index contributed by atoms with van der Waals surface area (Å²) in [7, 11) is -4.09. The van der Waals surface area contributed by atoms with Crippen molar-refractivity contribution in [3.63, 3.8) is 0 Å². The van der Waals surface area contributed by atoms with Crippen LogP contribution in [0, 0.1) is 11.8 Å². The molecule has 2 saturated heterocycles. The van der Waals surface area contributed by atoms with E-state index >= 15 is 0 Å². The van der Waals surface area contributed by atoms with Crippen LogP contribution in [0.1, 0.15) is 46.6 Å². The molecule has 0 saturated carbocycles. The standard InChI is InChI=1S/C35H49N3O12S/c1-22(2)18-38(51(42,43)25-10-11-29-30(17-25)48-21-47-29)19-28(39)27(37-34(41)49-31-20-46-32-26(31)12-14-45-32)16-23-6-8-24(9-7-23)44-15-13-36-33(40)50-35(3,4)5/h6-11,17,22,26-28,31-32,39H,12-16,18-21H2,1-5H3,(H,36,40)(H,37,41)/t26-,27-,28+,31-,32+/m0/s1. The highest BCUT2D eigenvalue weighted by molar-refractivity contribution is 7.89. The zero-order valence-corrected chi connectivity index (χ0v) is 30.5. The summed E-state index contributed by atoms with van der Waals surface area (Å²) in [5, 5.41) is 17.1. The number of hydrogen-bond acceptors (Lipinski definition) is 12. The van der Waals surface area contributed by atoms with E-state index in [4.69, 9.17) is 33.2 Å². The number of carbonyl (C=O) groups is 2. The Morgan fingerprint density at radius 1 is 1.02 bits per heavy atom. The molecule has 3 N–H and O–H groups in total. The summed E-state index contributed by atoms with van der Waals surface area (Å²) in [6.45, 7) is 10.0. The van der Waals surface area contributed by atoms with E-state index in [2.05, 4.69) is 10.6 Å². The lowest BCUT2D eigenvalue weighted by atomic mass is 10.0. The molecule has 0 unspecified atom stereocenters. The lowest BCUT2D eigenvalue weighted by Gasteiger charge is -2.31. The van der Waals surface area contributed by atoms with Crippen molar-refractivity contribution in [2.24, 2.45) is 11.8 Å². The van der Waals surface area contributed by atoms with Gasteiger partial charge in [0, 0.05) is 19.2 Å². The van der Waals surface area contributed by atoms with Crippen LogP contribution in [0.2, 0.25) is 0 Å². The van der Waals surface area contributed by atoms with Gasteiger partial charge >= 0.3 is 12.2 Å². The van der Waals surface area contributed by atoms with Crippen LogP contribution in [0.15, 0.2) is 47.4 Å². The number of sulfonamides is 1. The molecular formula is C35H49N3O12S. The summed E-state index contributed by atoms with van der Waals surface area (Å²) in [6.07, 6.45) is -2.72. The number of nitrogens with zero attached hydrogens (tertiary/aromatic N) is 1. The number of amides is 2. The summed E-state index contributed by atoms with van der Waals surface area (Å²) in [4.78, 5) is 25.1. The third-order valence-electron chi connectivity index (χ3n) is 8.37. The van der Waals surface area contributed by atoms with Crippen molar-refractivity contribution >= 4 is 22.2 Å². The first-order valence-corrected chi connectivity index (χ1v) is 18.6. The van der Waals surface area contributed by atoms with Crippen LogP contribution in [0.25, 0.3) is 0 Å². The maximum atomic E-state index is 13.9. The second kappa shape index (κ2) is 16.7. The third kappa shape index (κ3) is 10.6. The van der Waals surface area contributed by atoms with E-state index in [1.165, 1.54) is 22.5 Å². The van der Waals surface area contributed by atoms with E-state index in [-0.39, 0.29) is 62.8 Å². The average Bonchev–Trinajstić information content (AvgIpc) is 3.81.